The van der Waals surface area contributed by atoms with E-state index in [2.05, 4.69) is 15.9 Å². The molecule has 0 amide bonds. The minimum absolute atomic E-state index is 0.155. The molecule has 0 radical (unpaired) electrons. The van der Waals surface area contributed by atoms with Gasteiger partial charge in [-0.3, -0.25) is 0 Å². The maximum atomic E-state index is 13.4. The number of halogens is 2. The predicted molar refractivity (Wildman–Crippen MR) is 76.9 cm³/mol. The molecule has 1 aromatic rings. The summed E-state index contributed by atoms with van der Waals surface area (Å²) in [6, 6.07) is 5.20. The van der Waals surface area contributed by atoms with Gasteiger partial charge >= 0.3 is 0 Å². The molecule has 0 spiro atoms. The molecule has 1 fully saturated rings. The van der Waals surface area contributed by atoms with Crippen molar-refractivity contribution in [2.24, 2.45) is 17.6 Å². The number of hydrogen-bond acceptors (Lipinski definition) is 1. The van der Waals surface area contributed by atoms with Crippen molar-refractivity contribution in [1.82, 2.24) is 0 Å². The molecule has 1 aliphatic carbocycles. The lowest BCUT2D eigenvalue weighted by atomic mass is 9.83. The van der Waals surface area contributed by atoms with E-state index in [0.717, 1.165) is 23.0 Å². The van der Waals surface area contributed by atoms with Crippen LogP contribution in [-0.2, 0) is 6.42 Å². The molecule has 1 aliphatic rings. The second-order valence-corrected chi connectivity index (χ2v) is 6.29. The fraction of sp³-hybridized carbons (Fsp3) is 0.600. The van der Waals surface area contributed by atoms with E-state index in [1.165, 1.54) is 38.2 Å². The highest BCUT2D eigenvalue weighted by atomic mass is 79.9. The van der Waals surface area contributed by atoms with Crippen LogP contribution in [0.15, 0.2) is 22.7 Å². The summed E-state index contributed by atoms with van der Waals surface area (Å²) < 4.78 is 14.2. The van der Waals surface area contributed by atoms with Gasteiger partial charge in [0.05, 0.1) is 0 Å². The first-order chi connectivity index (χ1) is 8.69. The Morgan fingerprint density at radius 3 is 2.50 bits per heavy atom. The molecule has 3 heteroatoms. The maximum absolute atomic E-state index is 13.4. The van der Waals surface area contributed by atoms with E-state index >= 15 is 0 Å². The van der Waals surface area contributed by atoms with Crippen LogP contribution >= 0.6 is 15.9 Å². The van der Waals surface area contributed by atoms with Crippen LogP contribution in [0, 0.1) is 17.7 Å². The normalized spacial score (nSPS) is 24.8. The second kappa shape index (κ2) is 6.67. The van der Waals surface area contributed by atoms with Gasteiger partial charge in [-0.05, 0) is 61.4 Å². The SMILES string of the molecule is NCC1CCCCCC1Cc1cc(F)cc(Br)c1. The van der Waals surface area contributed by atoms with E-state index < -0.39 is 0 Å². The average molecular weight is 314 g/mol. The Bertz CT molecular complexity index is 374. The molecule has 0 aromatic heterocycles. The van der Waals surface area contributed by atoms with Crippen molar-refractivity contribution < 1.29 is 4.39 Å². The number of rotatable bonds is 3. The van der Waals surface area contributed by atoms with Crippen molar-refractivity contribution in [2.75, 3.05) is 6.54 Å². The highest BCUT2D eigenvalue weighted by Gasteiger charge is 2.22. The minimum Gasteiger partial charge on any atom is -0.330 e. The molecule has 100 valence electrons. The van der Waals surface area contributed by atoms with Gasteiger partial charge in [0.2, 0.25) is 0 Å². The molecule has 2 atom stereocenters. The molecule has 1 saturated carbocycles. The molecule has 2 N–H and O–H groups in total. The molecule has 0 aliphatic heterocycles. The topological polar surface area (TPSA) is 26.0 Å². The van der Waals surface area contributed by atoms with Gasteiger partial charge in [-0.15, -0.1) is 0 Å². The highest BCUT2D eigenvalue weighted by molar-refractivity contribution is 9.10. The van der Waals surface area contributed by atoms with Crippen LogP contribution in [-0.4, -0.2) is 6.54 Å². The molecule has 2 rings (SSSR count). The monoisotopic (exact) mass is 313 g/mol. The summed E-state index contributed by atoms with van der Waals surface area (Å²) in [5, 5.41) is 0. The molecule has 0 heterocycles. The molecular weight excluding hydrogens is 293 g/mol. The number of benzene rings is 1. The fourth-order valence-electron chi connectivity index (χ4n) is 3.07. The Morgan fingerprint density at radius 1 is 1.11 bits per heavy atom. The lowest BCUT2D eigenvalue weighted by Gasteiger charge is -2.24. The van der Waals surface area contributed by atoms with Crippen molar-refractivity contribution in [2.45, 2.75) is 38.5 Å². The summed E-state index contributed by atoms with van der Waals surface area (Å²) in [7, 11) is 0. The van der Waals surface area contributed by atoms with Gasteiger partial charge in [0.1, 0.15) is 5.82 Å². The lowest BCUT2D eigenvalue weighted by molar-refractivity contribution is 0.318. The van der Waals surface area contributed by atoms with E-state index in [1.807, 2.05) is 6.07 Å². The fourth-order valence-corrected chi connectivity index (χ4v) is 3.58. The Morgan fingerprint density at radius 2 is 1.83 bits per heavy atom. The first kappa shape index (κ1) is 14.0. The summed E-state index contributed by atoms with van der Waals surface area (Å²) in [6.45, 7) is 0.765. The van der Waals surface area contributed by atoms with Crippen LogP contribution in [0.4, 0.5) is 4.39 Å². The summed E-state index contributed by atoms with van der Waals surface area (Å²) in [5.74, 6) is 1.07. The first-order valence-corrected chi connectivity index (χ1v) is 7.63. The highest BCUT2D eigenvalue weighted by Crippen LogP contribution is 2.31. The average Bonchev–Trinajstić information content (AvgIpc) is 2.52. The third kappa shape index (κ3) is 3.79. The van der Waals surface area contributed by atoms with Crippen LogP contribution in [0.3, 0.4) is 0 Å². The summed E-state index contributed by atoms with van der Waals surface area (Å²) in [6.07, 6.45) is 7.33. The Hall–Kier alpha value is -0.410. The van der Waals surface area contributed by atoms with Gasteiger partial charge in [-0.2, -0.15) is 0 Å². The van der Waals surface area contributed by atoms with Crippen LogP contribution < -0.4 is 5.73 Å². The molecule has 0 bridgehead atoms. The van der Waals surface area contributed by atoms with E-state index in [1.54, 1.807) is 6.07 Å². The molecule has 2 unspecified atom stereocenters. The second-order valence-electron chi connectivity index (χ2n) is 5.38. The molecule has 0 saturated heterocycles. The van der Waals surface area contributed by atoms with Crippen LogP contribution in [0.2, 0.25) is 0 Å². The Kier molecular flexibility index (Phi) is 5.19. The van der Waals surface area contributed by atoms with Crippen molar-refractivity contribution >= 4 is 15.9 Å². The zero-order valence-corrected chi connectivity index (χ0v) is 12.3. The summed E-state index contributed by atoms with van der Waals surface area (Å²) in [5.41, 5.74) is 6.98. The zero-order valence-electron chi connectivity index (χ0n) is 10.7. The van der Waals surface area contributed by atoms with E-state index in [0.29, 0.717) is 11.8 Å². The number of hydrogen-bond donors (Lipinski definition) is 1. The van der Waals surface area contributed by atoms with E-state index in [-0.39, 0.29) is 5.82 Å². The third-order valence-corrected chi connectivity index (χ3v) is 4.50. The van der Waals surface area contributed by atoms with E-state index in [9.17, 15) is 4.39 Å². The predicted octanol–water partition coefficient (Wildman–Crippen LogP) is 4.29. The largest absolute Gasteiger partial charge is 0.330 e. The van der Waals surface area contributed by atoms with Crippen LogP contribution in [0.1, 0.15) is 37.7 Å². The van der Waals surface area contributed by atoms with Gasteiger partial charge in [0.25, 0.3) is 0 Å². The molecule has 1 aromatic carbocycles. The lowest BCUT2D eigenvalue weighted by Crippen LogP contribution is -2.24. The van der Waals surface area contributed by atoms with Gasteiger partial charge in [0.15, 0.2) is 0 Å². The quantitative estimate of drug-likeness (QED) is 0.828. The molecule has 18 heavy (non-hydrogen) atoms. The zero-order chi connectivity index (χ0) is 13.0. The van der Waals surface area contributed by atoms with Crippen LogP contribution in [0.5, 0.6) is 0 Å². The van der Waals surface area contributed by atoms with Crippen molar-refractivity contribution in [1.29, 1.82) is 0 Å². The van der Waals surface area contributed by atoms with E-state index in [4.69, 9.17) is 5.73 Å². The van der Waals surface area contributed by atoms with Crippen molar-refractivity contribution in [3.63, 3.8) is 0 Å². The summed E-state index contributed by atoms with van der Waals surface area (Å²) >= 11 is 3.36. The van der Waals surface area contributed by atoms with Gasteiger partial charge in [-0.1, -0.05) is 35.2 Å². The van der Waals surface area contributed by atoms with Gasteiger partial charge < -0.3 is 5.73 Å². The first-order valence-electron chi connectivity index (χ1n) is 6.84. The number of nitrogens with two attached hydrogens (primary N) is 1. The minimum atomic E-state index is -0.155. The van der Waals surface area contributed by atoms with Gasteiger partial charge in [0, 0.05) is 4.47 Å². The molecular formula is C15H21BrFN. The van der Waals surface area contributed by atoms with Crippen molar-refractivity contribution in [3.05, 3.63) is 34.1 Å². The summed E-state index contributed by atoms with van der Waals surface area (Å²) in [4.78, 5) is 0. The Balaban J connectivity index is 2.09. The van der Waals surface area contributed by atoms with Crippen LogP contribution in [0.25, 0.3) is 0 Å². The smallest absolute Gasteiger partial charge is 0.124 e. The Labute approximate surface area is 117 Å². The van der Waals surface area contributed by atoms with Gasteiger partial charge in [-0.25, -0.2) is 4.39 Å². The third-order valence-electron chi connectivity index (χ3n) is 4.04. The van der Waals surface area contributed by atoms with Crippen molar-refractivity contribution in [3.8, 4) is 0 Å². The molecule has 1 nitrogen and oxygen atoms in total. The standard InChI is InChI=1S/C15H21BrFN/c16-14-7-11(8-15(17)9-14)6-12-4-2-1-3-5-13(12)10-18/h7-9,12-13H,1-6,10,18H2. The maximum Gasteiger partial charge on any atom is 0.124 e.